The minimum atomic E-state index is -1.09. The fraction of sp³-hybridized carbons (Fsp3) is 0.286. The lowest BCUT2D eigenvalue weighted by Gasteiger charge is -2.40. The molecule has 0 fully saturated rings. The van der Waals surface area contributed by atoms with Gasteiger partial charge in [-0.3, -0.25) is 9.59 Å². The van der Waals surface area contributed by atoms with Crippen molar-refractivity contribution in [1.82, 2.24) is 4.90 Å². The van der Waals surface area contributed by atoms with Gasteiger partial charge < -0.3 is 19.7 Å². The van der Waals surface area contributed by atoms with Gasteiger partial charge in [-0.2, -0.15) is 0 Å². The summed E-state index contributed by atoms with van der Waals surface area (Å²) in [5.41, 5.74) is 1.29. The Bertz CT molecular complexity index is 1100. The van der Waals surface area contributed by atoms with E-state index in [1.54, 1.807) is 30.2 Å². The van der Waals surface area contributed by atoms with Crippen molar-refractivity contribution in [2.24, 2.45) is 0 Å². The summed E-state index contributed by atoms with van der Waals surface area (Å²) in [6.45, 7) is 4.05. The van der Waals surface area contributed by atoms with Crippen LogP contribution in [-0.4, -0.2) is 36.5 Å². The molecule has 3 aromatic carbocycles. The molecule has 1 unspecified atom stereocenters. The van der Waals surface area contributed by atoms with Gasteiger partial charge in [0.05, 0.1) is 26.3 Å². The molecule has 0 radical (unpaired) electrons. The van der Waals surface area contributed by atoms with Gasteiger partial charge in [0.15, 0.2) is 0 Å². The lowest BCUT2D eigenvalue weighted by molar-refractivity contribution is -0.145. The van der Waals surface area contributed by atoms with E-state index in [1.165, 1.54) is 7.11 Å². The van der Waals surface area contributed by atoms with Crippen molar-refractivity contribution in [3.8, 4) is 11.5 Å². The molecule has 0 aliphatic carbocycles. The number of benzene rings is 3. The molecule has 2 amide bonds. The number of rotatable bonds is 10. The topological polar surface area (TPSA) is 67.9 Å². The largest absolute Gasteiger partial charge is 0.497 e. The predicted octanol–water partition coefficient (Wildman–Crippen LogP) is 5.08. The first-order valence-corrected chi connectivity index (χ1v) is 11.3. The van der Waals surface area contributed by atoms with Gasteiger partial charge in [0, 0.05) is 12.6 Å². The van der Waals surface area contributed by atoms with Crippen molar-refractivity contribution in [2.45, 2.75) is 38.8 Å². The number of carbonyl (C=O) groups is 2. The van der Waals surface area contributed by atoms with Gasteiger partial charge in [0.2, 0.25) is 11.8 Å². The van der Waals surface area contributed by atoms with E-state index in [1.807, 2.05) is 74.5 Å². The first-order valence-electron chi connectivity index (χ1n) is 11.3. The Kier molecular flexibility index (Phi) is 8.30. The molecule has 0 aliphatic heterocycles. The predicted molar refractivity (Wildman–Crippen MR) is 134 cm³/mol. The molecule has 0 bridgehead atoms. The van der Waals surface area contributed by atoms with Crippen LogP contribution in [0.4, 0.5) is 5.69 Å². The number of carbonyl (C=O) groups excluding carboxylic acids is 2. The van der Waals surface area contributed by atoms with Crippen LogP contribution in [0.25, 0.3) is 0 Å². The van der Waals surface area contributed by atoms with Gasteiger partial charge in [0.25, 0.3) is 0 Å². The van der Waals surface area contributed by atoms with E-state index < -0.39 is 5.54 Å². The Balaban J connectivity index is 1.93. The number of amides is 2. The van der Waals surface area contributed by atoms with Crippen LogP contribution in [-0.2, 0) is 22.6 Å². The molecule has 0 aromatic heterocycles. The van der Waals surface area contributed by atoms with E-state index in [4.69, 9.17) is 9.47 Å². The third kappa shape index (κ3) is 5.76. The quantitative estimate of drug-likeness (QED) is 0.458. The Labute approximate surface area is 201 Å². The van der Waals surface area contributed by atoms with Crippen LogP contribution >= 0.6 is 0 Å². The van der Waals surface area contributed by atoms with E-state index >= 15 is 0 Å². The summed E-state index contributed by atoms with van der Waals surface area (Å²) < 4.78 is 10.7. The normalized spacial score (nSPS) is 12.4. The van der Waals surface area contributed by atoms with Crippen molar-refractivity contribution < 1.29 is 19.1 Å². The molecule has 0 saturated carbocycles. The molecule has 0 saturated heterocycles. The SMILES string of the molecule is CCC(C)(C(=O)Nc1ccc(OC)cc1OC)N(Cc1ccccc1)C(=O)Cc1ccccc1. The molecule has 3 aromatic rings. The van der Waals surface area contributed by atoms with Gasteiger partial charge in [-0.25, -0.2) is 0 Å². The van der Waals surface area contributed by atoms with Crippen LogP contribution in [0.15, 0.2) is 78.9 Å². The minimum absolute atomic E-state index is 0.115. The van der Waals surface area contributed by atoms with Gasteiger partial charge in [-0.05, 0) is 36.6 Å². The van der Waals surface area contributed by atoms with Crippen molar-refractivity contribution >= 4 is 17.5 Å². The maximum atomic E-state index is 13.7. The van der Waals surface area contributed by atoms with Gasteiger partial charge >= 0.3 is 0 Å². The molecular weight excluding hydrogens is 428 g/mol. The summed E-state index contributed by atoms with van der Waals surface area (Å²) in [5, 5.41) is 2.98. The van der Waals surface area contributed by atoms with Crippen LogP contribution in [0.2, 0.25) is 0 Å². The molecule has 0 aliphatic rings. The molecule has 1 N–H and O–H groups in total. The highest BCUT2D eigenvalue weighted by Crippen LogP contribution is 2.32. The highest BCUT2D eigenvalue weighted by atomic mass is 16.5. The zero-order chi connectivity index (χ0) is 24.6. The second-order valence-electron chi connectivity index (χ2n) is 8.28. The fourth-order valence-corrected chi connectivity index (χ4v) is 3.80. The van der Waals surface area contributed by atoms with Crippen molar-refractivity contribution in [2.75, 3.05) is 19.5 Å². The van der Waals surface area contributed by atoms with E-state index in [2.05, 4.69) is 5.32 Å². The molecule has 178 valence electrons. The molecular formula is C28H32N2O4. The standard InChI is InChI=1S/C28H32N2O4/c1-5-28(2,27(32)29-24-17-16-23(33-3)19-25(24)34-4)30(20-22-14-10-7-11-15-22)26(31)18-21-12-8-6-9-13-21/h6-17,19H,5,18,20H2,1-4H3,(H,29,32). The van der Waals surface area contributed by atoms with E-state index in [-0.39, 0.29) is 18.2 Å². The van der Waals surface area contributed by atoms with Crippen molar-refractivity contribution in [3.05, 3.63) is 90.0 Å². The zero-order valence-electron chi connectivity index (χ0n) is 20.2. The summed E-state index contributed by atoms with van der Waals surface area (Å²) in [5.74, 6) is 0.709. The first kappa shape index (κ1) is 24.8. The number of anilines is 1. The van der Waals surface area contributed by atoms with E-state index in [0.29, 0.717) is 30.2 Å². The fourth-order valence-electron chi connectivity index (χ4n) is 3.80. The monoisotopic (exact) mass is 460 g/mol. The van der Waals surface area contributed by atoms with Gasteiger partial charge in [-0.15, -0.1) is 0 Å². The van der Waals surface area contributed by atoms with Crippen molar-refractivity contribution in [1.29, 1.82) is 0 Å². The molecule has 6 nitrogen and oxygen atoms in total. The number of methoxy groups -OCH3 is 2. The maximum Gasteiger partial charge on any atom is 0.250 e. The van der Waals surface area contributed by atoms with Crippen LogP contribution in [0.1, 0.15) is 31.4 Å². The maximum absolute atomic E-state index is 13.7. The average molecular weight is 461 g/mol. The van der Waals surface area contributed by atoms with Crippen LogP contribution < -0.4 is 14.8 Å². The molecule has 0 heterocycles. The van der Waals surface area contributed by atoms with Crippen molar-refractivity contribution in [3.63, 3.8) is 0 Å². The smallest absolute Gasteiger partial charge is 0.250 e. The van der Waals surface area contributed by atoms with Gasteiger partial charge in [-0.1, -0.05) is 67.6 Å². The number of nitrogens with zero attached hydrogens (tertiary/aromatic N) is 1. The van der Waals surface area contributed by atoms with Crippen LogP contribution in [0.3, 0.4) is 0 Å². The number of hydrogen-bond donors (Lipinski definition) is 1. The summed E-state index contributed by atoms with van der Waals surface area (Å²) in [6.07, 6.45) is 0.646. The molecule has 3 rings (SSSR count). The number of ether oxygens (including phenoxy) is 2. The van der Waals surface area contributed by atoms with Crippen LogP contribution in [0.5, 0.6) is 11.5 Å². The Morgan fingerprint density at radius 3 is 2.06 bits per heavy atom. The molecule has 6 heteroatoms. The summed E-state index contributed by atoms with van der Waals surface area (Å²) in [6, 6.07) is 24.5. The summed E-state index contributed by atoms with van der Waals surface area (Å²) >= 11 is 0. The van der Waals surface area contributed by atoms with Crippen LogP contribution in [0, 0.1) is 0 Å². The average Bonchev–Trinajstić information content (AvgIpc) is 2.88. The summed E-state index contributed by atoms with van der Waals surface area (Å²) in [7, 11) is 3.11. The number of nitrogens with one attached hydrogen (secondary N) is 1. The highest BCUT2D eigenvalue weighted by Gasteiger charge is 2.41. The first-order chi connectivity index (χ1) is 16.4. The molecule has 0 spiro atoms. The lowest BCUT2D eigenvalue weighted by atomic mass is 9.92. The van der Waals surface area contributed by atoms with Gasteiger partial charge in [0.1, 0.15) is 17.0 Å². The van der Waals surface area contributed by atoms with E-state index in [0.717, 1.165) is 11.1 Å². The molecule has 34 heavy (non-hydrogen) atoms. The Morgan fingerprint density at radius 2 is 1.50 bits per heavy atom. The third-order valence-corrected chi connectivity index (χ3v) is 6.11. The van der Waals surface area contributed by atoms with E-state index in [9.17, 15) is 9.59 Å². The second-order valence-corrected chi connectivity index (χ2v) is 8.28. The third-order valence-electron chi connectivity index (χ3n) is 6.11. The number of hydrogen-bond acceptors (Lipinski definition) is 4. The zero-order valence-corrected chi connectivity index (χ0v) is 20.2. The second kappa shape index (κ2) is 11.4. The Morgan fingerprint density at radius 1 is 0.882 bits per heavy atom. The minimum Gasteiger partial charge on any atom is -0.497 e. The lowest BCUT2D eigenvalue weighted by Crippen LogP contribution is -2.56. The summed E-state index contributed by atoms with van der Waals surface area (Å²) in [4.78, 5) is 29.0. The Hall–Kier alpha value is -3.80. The molecule has 1 atom stereocenters. The highest BCUT2D eigenvalue weighted by molar-refractivity contribution is 6.01.